The van der Waals surface area contributed by atoms with Crippen molar-refractivity contribution >= 4 is 0 Å². The number of rotatable bonds is 1. The summed E-state index contributed by atoms with van der Waals surface area (Å²) in [6.45, 7) is 4.96. The van der Waals surface area contributed by atoms with Gasteiger partial charge in [-0.25, -0.2) is 0 Å². The highest BCUT2D eigenvalue weighted by molar-refractivity contribution is 4.97. The van der Waals surface area contributed by atoms with E-state index in [1.165, 1.54) is 6.42 Å². The Kier molecular flexibility index (Phi) is 2.27. The summed E-state index contributed by atoms with van der Waals surface area (Å²) in [5.74, 6) is 0. The number of hydrogen-bond acceptors (Lipinski definition) is 3. The number of hydrogen-bond donors (Lipinski definition) is 0. The van der Waals surface area contributed by atoms with E-state index in [0.717, 1.165) is 32.5 Å². The van der Waals surface area contributed by atoms with Gasteiger partial charge in [0.05, 0.1) is 24.3 Å². The van der Waals surface area contributed by atoms with Crippen LogP contribution in [0.25, 0.3) is 0 Å². The third-order valence-corrected chi connectivity index (χ3v) is 3.41. The zero-order valence-electron chi connectivity index (χ0n) is 8.12. The highest BCUT2D eigenvalue weighted by Gasteiger charge is 2.41. The molecule has 0 N–H and O–H groups in total. The van der Waals surface area contributed by atoms with Crippen LogP contribution in [0.2, 0.25) is 0 Å². The molecule has 0 bridgehead atoms. The first-order chi connectivity index (χ1) is 6.26. The van der Waals surface area contributed by atoms with E-state index in [1.54, 1.807) is 0 Å². The summed E-state index contributed by atoms with van der Waals surface area (Å²) in [5, 5.41) is 8.77. The zero-order valence-corrected chi connectivity index (χ0v) is 8.12. The van der Waals surface area contributed by atoms with Crippen LogP contribution in [-0.4, -0.2) is 36.2 Å². The number of nitriles is 1. The van der Waals surface area contributed by atoms with Gasteiger partial charge in [0, 0.05) is 13.1 Å². The van der Waals surface area contributed by atoms with Crippen molar-refractivity contribution in [3.63, 3.8) is 0 Å². The molecule has 72 valence electrons. The Labute approximate surface area is 79.3 Å². The first kappa shape index (κ1) is 8.98. The van der Waals surface area contributed by atoms with Crippen LogP contribution in [0.5, 0.6) is 0 Å². The van der Waals surface area contributed by atoms with Gasteiger partial charge in [0.25, 0.3) is 0 Å². The highest BCUT2D eigenvalue weighted by atomic mass is 16.5. The molecule has 1 unspecified atom stereocenters. The van der Waals surface area contributed by atoms with Gasteiger partial charge in [-0.2, -0.15) is 5.26 Å². The predicted molar refractivity (Wildman–Crippen MR) is 49.2 cm³/mol. The molecule has 3 heteroatoms. The Bertz CT molecular complexity index is 220. The number of nitrogens with zero attached hydrogens (tertiary/aromatic N) is 2. The lowest BCUT2D eigenvalue weighted by atomic mass is 9.84. The molecule has 0 aliphatic carbocycles. The second-order valence-corrected chi connectivity index (χ2v) is 4.12. The van der Waals surface area contributed by atoms with Crippen molar-refractivity contribution in [3.05, 3.63) is 0 Å². The quantitative estimate of drug-likeness (QED) is 0.607. The van der Waals surface area contributed by atoms with Crippen molar-refractivity contribution in [3.8, 4) is 6.07 Å². The van der Waals surface area contributed by atoms with E-state index in [4.69, 9.17) is 10.00 Å². The fourth-order valence-corrected chi connectivity index (χ4v) is 2.19. The molecular formula is C10H16N2O. The third-order valence-electron chi connectivity index (χ3n) is 3.41. The van der Waals surface area contributed by atoms with Gasteiger partial charge in [-0.05, 0) is 26.2 Å². The molecule has 0 amide bonds. The van der Waals surface area contributed by atoms with Crippen LogP contribution < -0.4 is 0 Å². The van der Waals surface area contributed by atoms with Crippen LogP contribution in [0.15, 0.2) is 0 Å². The van der Waals surface area contributed by atoms with Gasteiger partial charge in [-0.3, -0.25) is 4.90 Å². The Hall–Kier alpha value is -0.590. The predicted octanol–water partition coefficient (Wildman–Crippen LogP) is 1.15. The average Bonchev–Trinajstić information content (AvgIpc) is 2.14. The Morgan fingerprint density at radius 1 is 1.38 bits per heavy atom. The maximum absolute atomic E-state index is 8.77. The van der Waals surface area contributed by atoms with E-state index >= 15 is 0 Å². The van der Waals surface area contributed by atoms with E-state index in [1.807, 2.05) is 6.92 Å². The van der Waals surface area contributed by atoms with E-state index < -0.39 is 0 Å². The summed E-state index contributed by atoms with van der Waals surface area (Å²) in [6.07, 6.45) is 3.44. The number of ether oxygens (including phenoxy) is 1. The molecule has 2 rings (SSSR count). The molecule has 13 heavy (non-hydrogen) atoms. The normalized spacial score (nSPS) is 29.2. The zero-order chi connectivity index (χ0) is 9.31. The minimum Gasteiger partial charge on any atom is -0.375 e. The lowest BCUT2D eigenvalue weighted by Crippen LogP contribution is -2.53. The summed E-state index contributed by atoms with van der Waals surface area (Å²) >= 11 is 0. The van der Waals surface area contributed by atoms with Crippen LogP contribution in [-0.2, 0) is 4.74 Å². The lowest BCUT2D eigenvalue weighted by Gasteiger charge is -2.48. The standard InChI is InChI=1S/C10H16N2O/c1-9(8-11)12-5-2-10(3-6-12)4-7-13-10/h9H,2-7H2,1H3. The summed E-state index contributed by atoms with van der Waals surface area (Å²) in [6, 6.07) is 2.35. The summed E-state index contributed by atoms with van der Waals surface area (Å²) < 4.78 is 5.61. The highest BCUT2D eigenvalue weighted by Crippen LogP contribution is 2.36. The molecular weight excluding hydrogens is 164 g/mol. The van der Waals surface area contributed by atoms with E-state index in [0.29, 0.717) is 0 Å². The minimum atomic E-state index is 0.0671. The maximum Gasteiger partial charge on any atom is 0.0949 e. The van der Waals surface area contributed by atoms with Gasteiger partial charge in [-0.15, -0.1) is 0 Å². The number of likely N-dealkylation sites (tertiary alicyclic amines) is 1. The Balaban J connectivity index is 1.86. The molecule has 1 atom stereocenters. The largest absolute Gasteiger partial charge is 0.375 e. The second kappa shape index (κ2) is 3.28. The molecule has 2 heterocycles. The molecule has 2 aliphatic heterocycles. The van der Waals surface area contributed by atoms with Crippen LogP contribution in [0.3, 0.4) is 0 Å². The lowest BCUT2D eigenvalue weighted by molar-refractivity contribution is -0.173. The third kappa shape index (κ3) is 1.56. The van der Waals surface area contributed by atoms with Crippen LogP contribution in [0.4, 0.5) is 0 Å². The van der Waals surface area contributed by atoms with Gasteiger partial charge >= 0.3 is 0 Å². The van der Waals surface area contributed by atoms with Gasteiger partial charge < -0.3 is 4.74 Å². The summed E-state index contributed by atoms with van der Waals surface area (Å²) in [5.41, 5.74) is 0.214. The first-order valence-electron chi connectivity index (χ1n) is 5.03. The van der Waals surface area contributed by atoms with Crippen LogP contribution >= 0.6 is 0 Å². The van der Waals surface area contributed by atoms with Gasteiger partial charge in [-0.1, -0.05) is 0 Å². The maximum atomic E-state index is 8.77. The molecule has 2 fully saturated rings. The van der Waals surface area contributed by atoms with Gasteiger partial charge in [0.1, 0.15) is 0 Å². The van der Waals surface area contributed by atoms with E-state index in [-0.39, 0.29) is 11.6 Å². The molecule has 2 aliphatic rings. The van der Waals surface area contributed by atoms with E-state index in [9.17, 15) is 0 Å². The fraction of sp³-hybridized carbons (Fsp3) is 0.900. The monoisotopic (exact) mass is 180 g/mol. The summed E-state index contributed by atoms with van der Waals surface area (Å²) in [7, 11) is 0. The SMILES string of the molecule is CC(C#N)N1CCC2(CCO2)CC1. The Morgan fingerprint density at radius 2 is 2.00 bits per heavy atom. The van der Waals surface area contributed by atoms with Gasteiger partial charge in [0.2, 0.25) is 0 Å². The fourth-order valence-electron chi connectivity index (χ4n) is 2.19. The van der Waals surface area contributed by atoms with Crippen LogP contribution in [0, 0.1) is 11.3 Å². The molecule has 2 saturated heterocycles. The number of piperidine rings is 1. The van der Waals surface area contributed by atoms with Crippen molar-refractivity contribution in [1.82, 2.24) is 4.90 Å². The topological polar surface area (TPSA) is 36.3 Å². The molecule has 3 nitrogen and oxygen atoms in total. The molecule has 1 spiro atoms. The second-order valence-electron chi connectivity index (χ2n) is 4.12. The molecule has 0 radical (unpaired) electrons. The van der Waals surface area contributed by atoms with E-state index in [2.05, 4.69) is 11.0 Å². The smallest absolute Gasteiger partial charge is 0.0949 e. The van der Waals surface area contributed by atoms with Crippen LogP contribution in [0.1, 0.15) is 26.2 Å². The van der Waals surface area contributed by atoms with Crippen molar-refractivity contribution in [1.29, 1.82) is 5.26 Å². The molecule has 0 saturated carbocycles. The van der Waals surface area contributed by atoms with Crippen molar-refractivity contribution in [2.45, 2.75) is 37.8 Å². The van der Waals surface area contributed by atoms with Crippen molar-refractivity contribution in [2.24, 2.45) is 0 Å². The Morgan fingerprint density at radius 3 is 2.38 bits per heavy atom. The first-order valence-corrected chi connectivity index (χ1v) is 5.03. The van der Waals surface area contributed by atoms with Gasteiger partial charge in [0.15, 0.2) is 0 Å². The molecule has 0 aromatic rings. The molecule has 0 aromatic heterocycles. The van der Waals surface area contributed by atoms with Crippen molar-refractivity contribution in [2.75, 3.05) is 19.7 Å². The molecule has 0 aromatic carbocycles. The summed E-state index contributed by atoms with van der Waals surface area (Å²) in [4.78, 5) is 2.24. The minimum absolute atomic E-state index is 0.0671. The van der Waals surface area contributed by atoms with Crippen molar-refractivity contribution < 1.29 is 4.74 Å². The average molecular weight is 180 g/mol.